The predicted molar refractivity (Wildman–Crippen MR) is 85.9 cm³/mol. The summed E-state index contributed by atoms with van der Waals surface area (Å²) in [4.78, 5) is 11.4. The lowest BCUT2D eigenvalue weighted by Gasteiger charge is -2.15. The van der Waals surface area contributed by atoms with Gasteiger partial charge in [-0.25, -0.2) is 0 Å². The van der Waals surface area contributed by atoms with Crippen molar-refractivity contribution in [1.82, 2.24) is 5.32 Å². The third-order valence-corrected chi connectivity index (χ3v) is 3.26. The second-order valence-electron chi connectivity index (χ2n) is 5.06. The Balaban J connectivity index is 2.02. The van der Waals surface area contributed by atoms with Gasteiger partial charge in [-0.3, -0.25) is 10.1 Å². The molecule has 0 bridgehead atoms. The molecule has 0 saturated heterocycles. The van der Waals surface area contributed by atoms with Crippen LogP contribution in [-0.2, 0) is 11.3 Å². The van der Waals surface area contributed by atoms with Crippen LogP contribution >= 0.6 is 0 Å². The molecule has 0 radical (unpaired) electrons. The first-order valence-corrected chi connectivity index (χ1v) is 7.43. The number of carboxylic acids is 1. The number of carbonyl (C=O) groups is 1. The van der Waals surface area contributed by atoms with Gasteiger partial charge in [-0.05, 0) is 29.7 Å². The maximum Gasteiger partial charge on any atom is 0.325 e. The standard InChI is InChI=1S/C18H21NO3/c1-2-11-22-16-10-6-7-14(12-16)13-19-17(18(20)21)15-8-4-3-5-9-15/h3-10,12,17,19H,2,11,13H2,1H3,(H,20,21)/t17-/m0/s1. The van der Waals surface area contributed by atoms with Crippen LogP contribution in [0.25, 0.3) is 0 Å². The average molecular weight is 299 g/mol. The van der Waals surface area contributed by atoms with Gasteiger partial charge < -0.3 is 9.84 Å². The Morgan fingerprint density at radius 2 is 1.95 bits per heavy atom. The van der Waals surface area contributed by atoms with Crippen LogP contribution in [0.1, 0.15) is 30.5 Å². The molecule has 0 spiro atoms. The molecule has 0 aliphatic carbocycles. The van der Waals surface area contributed by atoms with Gasteiger partial charge in [-0.1, -0.05) is 49.4 Å². The molecule has 0 aromatic heterocycles. The van der Waals surface area contributed by atoms with Crippen LogP contribution in [-0.4, -0.2) is 17.7 Å². The van der Waals surface area contributed by atoms with E-state index in [1.54, 1.807) is 0 Å². The summed E-state index contributed by atoms with van der Waals surface area (Å²) in [5.41, 5.74) is 1.74. The summed E-state index contributed by atoms with van der Waals surface area (Å²) in [5.74, 6) is -0.0719. The molecular weight excluding hydrogens is 278 g/mol. The van der Waals surface area contributed by atoms with Crippen LogP contribution < -0.4 is 10.1 Å². The Morgan fingerprint density at radius 3 is 2.64 bits per heavy atom. The normalized spacial score (nSPS) is 11.9. The van der Waals surface area contributed by atoms with Crippen LogP contribution in [0, 0.1) is 0 Å². The molecule has 116 valence electrons. The fraction of sp³-hybridized carbons (Fsp3) is 0.278. The lowest BCUT2D eigenvalue weighted by atomic mass is 10.1. The van der Waals surface area contributed by atoms with Gasteiger partial charge in [0.2, 0.25) is 0 Å². The van der Waals surface area contributed by atoms with E-state index in [4.69, 9.17) is 4.74 Å². The van der Waals surface area contributed by atoms with Gasteiger partial charge >= 0.3 is 5.97 Å². The number of carboxylic acid groups (broad SMARTS) is 1. The Kier molecular flexibility index (Phi) is 5.98. The van der Waals surface area contributed by atoms with Crippen LogP contribution in [0.5, 0.6) is 5.75 Å². The van der Waals surface area contributed by atoms with Crippen LogP contribution in [0.4, 0.5) is 0 Å². The van der Waals surface area contributed by atoms with E-state index in [1.165, 1.54) is 0 Å². The molecule has 22 heavy (non-hydrogen) atoms. The molecule has 2 aromatic rings. The Bertz CT molecular complexity index is 598. The molecule has 0 aliphatic heterocycles. The monoisotopic (exact) mass is 299 g/mol. The quantitative estimate of drug-likeness (QED) is 0.784. The largest absolute Gasteiger partial charge is 0.494 e. The minimum Gasteiger partial charge on any atom is -0.494 e. The third-order valence-electron chi connectivity index (χ3n) is 3.26. The molecule has 0 aliphatic rings. The van der Waals surface area contributed by atoms with E-state index in [2.05, 4.69) is 12.2 Å². The maximum absolute atomic E-state index is 11.4. The maximum atomic E-state index is 11.4. The summed E-state index contributed by atoms with van der Waals surface area (Å²) in [7, 11) is 0. The van der Waals surface area contributed by atoms with E-state index in [9.17, 15) is 9.90 Å². The zero-order chi connectivity index (χ0) is 15.8. The summed E-state index contributed by atoms with van der Waals surface area (Å²) < 4.78 is 5.59. The molecule has 1 atom stereocenters. The van der Waals surface area contributed by atoms with E-state index < -0.39 is 12.0 Å². The first kappa shape index (κ1) is 16.0. The number of hydrogen-bond donors (Lipinski definition) is 2. The van der Waals surface area contributed by atoms with Crippen molar-refractivity contribution in [3.8, 4) is 5.75 Å². The van der Waals surface area contributed by atoms with Crippen molar-refractivity contribution in [2.24, 2.45) is 0 Å². The van der Waals surface area contributed by atoms with Crippen molar-refractivity contribution in [1.29, 1.82) is 0 Å². The zero-order valence-electron chi connectivity index (χ0n) is 12.7. The highest BCUT2D eigenvalue weighted by Crippen LogP contribution is 2.16. The Morgan fingerprint density at radius 1 is 1.18 bits per heavy atom. The summed E-state index contributed by atoms with van der Waals surface area (Å²) >= 11 is 0. The molecule has 2 aromatic carbocycles. The smallest absolute Gasteiger partial charge is 0.325 e. The Hall–Kier alpha value is -2.33. The van der Waals surface area contributed by atoms with Crippen molar-refractivity contribution in [3.63, 3.8) is 0 Å². The average Bonchev–Trinajstić information content (AvgIpc) is 2.54. The highest BCUT2D eigenvalue weighted by Gasteiger charge is 2.18. The van der Waals surface area contributed by atoms with Gasteiger partial charge in [-0.15, -0.1) is 0 Å². The number of aliphatic carboxylic acids is 1. The van der Waals surface area contributed by atoms with Gasteiger partial charge in [0.1, 0.15) is 11.8 Å². The Labute approximate surface area is 130 Å². The molecule has 0 fully saturated rings. The van der Waals surface area contributed by atoms with Crippen LogP contribution in [0.2, 0.25) is 0 Å². The van der Waals surface area contributed by atoms with E-state index in [0.717, 1.165) is 23.3 Å². The van der Waals surface area contributed by atoms with Crippen molar-refractivity contribution >= 4 is 5.97 Å². The molecule has 4 nitrogen and oxygen atoms in total. The molecular formula is C18H21NO3. The number of nitrogens with one attached hydrogen (secondary N) is 1. The van der Waals surface area contributed by atoms with E-state index in [0.29, 0.717) is 13.2 Å². The topological polar surface area (TPSA) is 58.6 Å². The third kappa shape index (κ3) is 4.60. The van der Waals surface area contributed by atoms with Gasteiger partial charge in [0, 0.05) is 6.54 Å². The minimum atomic E-state index is -0.885. The van der Waals surface area contributed by atoms with Gasteiger partial charge in [-0.2, -0.15) is 0 Å². The molecule has 0 amide bonds. The molecule has 4 heteroatoms. The van der Waals surface area contributed by atoms with Crippen molar-refractivity contribution in [2.45, 2.75) is 25.9 Å². The van der Waals surface area contributed by atoms with Crippen molar-refractivity contribution < 1.29 is 14.6 Å². The highest BCUT2D eigenvalue weighted by molar-refractivity contribution is 5.75. The summed E-state index contributed by atoms with van der Waals surface area (Å²) in [6.07, 6.45) is 0.956. The lowest BCUT2D eigenvalue weighted by Crippen LogP contribution is -2.28. The van der Waals surface area contributed by atoms with Gasteiger partial charge in [0.05, 0.1) is 6.61 Å². The SMILES string of the molecule is CCCOc1cccc(CN[C@H](C(=O)O)c2ccccc2)c1. The number of rotatable bonds is 8. The molecule has 2 rings (SSSR count). The first-order chi connectivity index (χ1) is 10.7. The minimum absolute atomic E-state index is 0.467. The molecule has 0 unspecified atom stereocenters. The summed E-state index contributed by atoms with van der Waals surface area (Å²) in [6.45, 7) is 3.20. The lowest BCUT2D eigenvalue weighted by molar-refractivity contribution is -0.139. The van der Waals surface area contributed by atoms with E-state index in [-0.39, 0.29) is 0 Å². The zero-order valence-corrected chi connectivity index (χ0v) is 12.7. The number of ether oxygens (including phenoxy) is 1. The van der Waals surface area contributed by atoms with Crippen LogP contribution in [0.3, 0.4) is 0 Å². The second-order valence-corrected chi connectivity index (χ2v) is 5.06. The summed E-state index contributed by atoms with van der Waals surface area (Å²) in [5, 5.41) is 12.5. The van der Waals surface area contributed by atoms with E-state index >= 15 is 0 Å². The molecule has 0 heterocycles. The fourth-order valence-corrected chi connectivity index (χ4v) is 2.18. The van der Waals surface area contributed by atoms with Gasteiger partial charge in [0.25, 0.3) is 0 Å². The van der Waals surface area contributed by atoms with E-state index in [1.807, 2.05) is 54.6 Å². The van der Waals surface area contributed by atoms with Crippen molar-refractivity contribution in [3.05, 3.63) is 65.7 Å². The predicted octanol–water partition coefficient (Wildman–Crippen LogP) is 3.39. The fourth-order valence-electron chi connectivity index (χ4n) is 2.18. The van der Waals surface area contributed by atoms with Crippen LogP contribution in [0.15, 0.2) is 54.6 Å². The first-order valence-electron chi connectivity index (χ1n) is 7.43. The number of benzene rings is 2. The number of hydrogen-bond acceptors (Lipinski definition) is 3. The summed E-state index contributed by atoms with van der Waals surface area (Å²) in [6, 6.07) is 16.2. The molecule has 0 saturated carbocycles. The highest BCUT2D eigenvalue weighted by atomic mass is 16.5. The van der Waals surface area contributed by atoms with Gasteiger partial charge in [0.15, 0.2) is 0 Å². The second kappa shape index (κ2) is 8.20. The molecule has 2 N–H and O–H groups in total. The van der Waals surface area contributed by atoms with Crippen molar-refractivity contribution in [2.75, 3.05) is 6.61 Å².